The molecule has 1 aliphatic rings. The first-order valence-electron chi connectivity index (χ1n) is 7.85. The summed E-state index contributed by atoms with van der Waals surface area (Å²) in [5.74, 6) is 0.678. The zero-order chi connectivity index (χ0) is 18.0. The van der Waals surface area contributed by atoms with E-state index in [1.54, 1.807) is 13.0 Å². The largest absolute Gasteiger partial charge is 0.417 e. The van der Waals surface area contributed by atoms with Gasteiger partial charge in [0.05, 0.1) is 5.56 Å². The Hall–Kier alpha value is -2.58. The molecule has 1 unspecified atom stereocenters. The van der Waals surface area contributed by atoms with Gasteiger partial charge >= 0.3 is 6.18 Å². The van der Waals surface area contributed by atoms with Crippen molar-refractivity contribution in [3.8, 4) is 0 Å². The maximum Gasteiger partial charge on any atom is 0.417 e. The van der Waals surface area contributed by atoms with E-state index in [2.05, 4.69) is 15.5 Å². The van der Waals surface area contributed by atoms with Crippen LogP contribution in [0, 0.1) is 6.92 Å². The molecule has 2 aromatic rings. The van der Waals surface area contributed by atoms with Gasteiger partial charge in [-0.05, 0) is 31.9 Å². The van der Waals surface area contributed by atoms with Gasteiger partial charge in [-0.1, -0.05) is 5.16 Å². The van der Waals surface area contributed by atoms with Crippen molar-refractivity contribution in [2.75, 3.05) is 18.0 Å². The Bertz CT molecular complexity index is 743. The highest BCUT2D eigenvalue weighted by Crippen LogP contribution is 2.29. The minimum Gasteiger partial charge on any atom is -0.361 e. The smallest absolute Gasteiger partial charge is 0.361 e. The normalized spacial score (nSPS) is 18.2. The number of nitrogens with zero attached hydrogens (tertiary/aromatic N) is 3. The summed E-state index contributed by atoms with van der Waals surface area (Å²) in [6.07, 6.45) is -2.00. The van der Waals surface area contributed by atoms with Crippen LogP contribution < -0.4 is 10.2 Å². The van der Waals surface area contributed by atoms with E-state index in [1.165, 1.54) is 6.07 Å². The molecule has 1 atom stereocenters. The number of nitrogens with one attached hydrogen (secondary N) is 1. The van der Waals surface area contributed by atoms with Crippen LogP contribution in [-0.2, 0) is 6.18 Å². The predicted octanol–water partition coefficient (Wildman–Crippen LogP) is 2.80. The van der Waals surface area contributed by atoms with Crippen LogP contribution in [0.3, 0.4) is 0 Å². The second-order valence-electron chi connectivity index (χ2n) is 5.98. The lowest BCUT2D eigenvalue weighted by Gasteiger charge is -2.33. The van der Waals surface area contributed by atoms with Crippen LogP contribution in [0.15, 0.2) is 28.9 Å². The molecule has 1 saturated heterocycles. The minimum absolute atomic E-state index is 0.137. The number of carbonyl (C=O) groups excluding carboxylic acids is 1. The molecule has 1 amide bonds. The molecule has 1 N–H and O–H groups in total. The average Bonchev–Trinajstić information content (AvgIpc) is 3.01. The molecule has 3 rings (SSSR count). The standard InChI is InChI=1S/C16H17F3N4O2/c1-10-7-13(22-25-10)15(24)21-12-3-2-6-23(9-12)14-5-4-11(8-20-14)16(17,18)19/h4-5,7-8,12H,2-3,6,9H2,1H3,(H,21,24). The average molecular weight is 354 g/mol. The lowest BCUT2D eigenvalue weighted by Crippen LogP contribution is -2.48. The molecule has 0 spiro atoms. The Labute approximate surface area is 142 Å². The first-order valence-corrected chi connectivity index (χ1v) is 7.85. The van der Waals surface area contributed by atoms with Gasteiger partial charge in [-0.2, -0.15) is 13.2 Å². The highest BCUT2D eigenvalue weighted by atomic mass is 19.4. The number of anilines is 1. The van der Waals surface area contributed by atoms with Gasteiger partial charge in [0.1, 0.15) is 11.6 Å². The van der Waals surface area contributed by atoms with Crippen LogP contribution >= 0.6 is 0 Å². The van der Waals surface area contributed by atoms with Gasteiger partial charge in [-0.15, -0.1) is 0 Å². The van der Waals surface area contributed by atoms with Crippen molar-refractivity contribution in [3.63, 3.8) is 0 Å². The zero-order valence-electron chi connectivity index (χ0n) is 13.5. The predicted molar refractivity (Wildman–Crippen MR) is 83.2 cm³/mol. The summed E-state index contributed by atoms with van der Waals surface area (Å²) in [4.78, 5) is 17.9. The van der Waals surface area contributed by atoms with Crippen molar-refractivity contribution < 1.29 is 22.5 Å². The minimum atomic E-state index is -4.40. The molecule has 0 aliphatic carbocycles. The molecule has 1 aliphatic heterocycles. The van der Waals surface area contributed by atoms with E-state index in [0.29, 0.717) is 24.7 Å². The summed E-state index contributed by atoms with van der Waals surface area (Å²) in [7, 11) is 0. The van der Waals surface area contributed by atoms with Crippen LogP contribution in [0.1, 0.15) is 34.7 Å². The summed E-state index contributed by atoms with van der Waals surface area (Å²) in [5.41, 5.74) is -0.568. The number of aromatic nitrogens is 2. The molecule has 25 heavy (non-hydrogen) atoms. The molecule has 0 saturated carbocycles. The Morgan fingerprint density at radius 2 is 2.20 bits per heavy atom. The van der Waals surface area contributed by atoms with Crippen LogP contribution in [0.4, 0.5) is 19.0 Å². The van der Waals surface area contributed by atoms with Crippen LogP contribution in [-0.4, -0.2) is 35.2 Å². The molecule has 134 valence electrons. The molecule has 0 radical (unpaired) electrons. The highest BCUT2D eigenvalue weighted by molar-refractivity contribution is 5.92. The van der Waals surface area contributed by atoms with E-state index in [-0.39, 0.29) is 17.6 Å². The van der Waals surface area contributed by atoms with E-state index in [4.69, 9.17) is 4.52 Å². The van der Waals surface area contributed by atoms with Crippen LogP contribution in [0.25, 0.3) is 0 Å². The zero-order valence-corrected chi connectivity index (χ0v) is 13.5. The molecule has 6 nitrogen and oxygen atoms in total. The SMILES string of the molecule is Cc1cc(C(=O)NC2CCCN(c3ccc(C(F)(F)F)cn3)C2)no1. The molecule has 3 heterocycles. The second kappa shape index (κ2) is 6.73. The van der Waals surface area contributed by atoms with Gasteiger partial charge in [0, 0.05) is 31.4 Å². The molecule has 1 fully saturated rings. The molecular weight excluding hydrogens is 337 g/mol. The van der Waals surface area contributed by atoms with E-state index in [1.807, 2.05) is 4.90 Å². The van der Waals surface area contributed by atoms with Crippen LogP contribution in [0.2, 0.25) is 0 Å². The Balaban J connectivity index is 1.64. The topological polar surface area (TPSA) is 71.3 Å². The number of carbonyl (C=O) groups is 1. The number of pyridine rings is 1. The number of amides is 1. The number of halogens is 3. The molecular formula is C16H17F3N4O2. The van der Waals surface area contributed by atoms with E-state index >= 15 is 0 Å². The van der Waals surface area contributed by atoms with Gasteiger partial charge < -0.3 is 14.7 Å². The number of rotatable bonds is 3. The molecule has 2 aromatic heterocycles. The maximum atomic E-state index is 12.6. The van der Waals surface area contributed by atoms with Crippen LogP contribution in [0.5, 0.6) is 0 Å². The third-order valence-electron chi connectivity index (χ3n) is 4.02. The first-order chi connectivity index (χ1) is 11.8. The Morgan fingerprint density at radius 1 is 1.40 bits per heavy atom. The van der Waals surface area contributed by atoms with E-state index < -0.39 is 11.7 Å². The summed E-state index contributed by atoms with van der Waals surface area (Å²) < 4.78 is 42.7. The van der Waals surface area contributed by atoms with Crippen molar-refractivity contribution in [2.24, 2.45) is 0 Å². The number of hydrogen-bond donors (Lipinski definition) is 1. The Kier molecular flexibility index (Phi) is 4.65. The van der Waals surface area contributed by atoms with Crippen molar-refractivity contribution in [1.29, 1.82) is 0 Å². The first kappa shape index (κ1) is 17.2. The molecule has 0 bridgehead atoms. The van der Waals surface area contributed by atoms with Gasteiger partial charge in [0.15, 0.2) is 5.69 Å². The van der Waals surface area contributed by atoms with Crippen molar-refractivity contribution in [3.05, 3.63) is 41.4 Å². The quantitative estimate of drug-likeness (QED) is 0.918. The summed E-state index contributed by atoms with van der Waals surface area (Å²) >= 11 is 0. The highest BCUT2D eigenvalue weighted by Gasteiger charge is 2.31. The summed E-state index contributed by atoms with van der Waals surface area (Å²) in [6.45, 7) is 2.84. The third-order valence-corrected chi connectivity index (χ3v) is 4.02. The van der Waals surface area contributed by atoms with Crippen molar-refractivity contribution in [2.45, 2.75) is 32.0 Å². The van der Waals surface area contributed by atoms with Gasteiger partial charge in [0.25, 0.3) is 5.91 Å². The van der Waals surface area contributed by atoms with Gasteiger partial charge in [-0.25, -0.2) is 4.98 Å². The van der Waals surface area contributed by atoms with Gasteiger partial charge in [-0.3, -0.25) is 4.79 Å². The number of hydrogen-bond acceptors (Lipinski definition) is 5. The lowest BCUT2D eigenvalue weighted by atomic mass is 10.1. The Morgan fingerprint density at radius 3 is 2.80 bits per heavy atom. The number of aryl methyl sites for hydroxylation is 1. The second-order valence-corrected chi connectivity index (χ2v) is 5.98. The fourth-order valence-electron chi connectivity index (χ4n) is 2.78. The van der Waals surface area contributed by atoms with Crippen molar-refractivity contribution in [1.82, 2.24) is 15.5 Å². The van der Waals surface area contributed by atoms with E-state index in [0.717, 1.165) is 25.1 Å². The molecule has 9 heteroatoms. The lowest BCUT2D eigenvalue weighted by molar-refractivity contribution is -0.137. The summed E-state index contributed by atoms with van der Waals surface area (Å²) in [6, 6.07) is 3.78. The monoisotopic (exact) mass is 354 g/mol. The fraction of sp³-hybridized carbons (Fsp3) is 0.438. The number of alkyl halides is 3. The van der Waals surface area contributed by atoms with Gasteiger partial charge in [0.2, 0.25) is 0 Å². The number of piperidine rings is 1. The maximum absolute atomic E-state index is 12.6. The molecule has 0 aromatic carbocycles. The summed E-state index contributed by atoms with van der Waals surface area (Å²) in [5, 5.41) is 6.54. The fourth-order valence-corrected chi connectivity index (χ4v) is 2.78. The van der Waals surface area contributed by atoms with E-state index in [9.17, 15) is 18.0 Å². The van der Waals surface area contributed by atoms with Crippen molar-refractivity contribution >= 4 is 11.7 Å². The third kappa shape index (κ3) is 4.09.